The van der Waals surface area contributed by atoms with Crippen molar-refractivity contribution in [2.75, 3.05) is 36.0 Å². The molecule has 8 nitrogen and oxygen atoms in total. The maximum atomic E-state index is 8.87. The highest BCUT2D eigenvalue weighted by Crippen LogP contribution is 2.21. The molecule has 132 valence electrons. The van der Waals surface area contributed by atoms with Gasteiger partial charge in [0.1, 0.15) is 11.9 Å². The van der Waals surface area contributed by atoms with E-state index < -0.39 is 0 Å². The number of hydrogen-bond acceptors (Lipinski definition) is 7. The number of fused-ring (bicyclic) bond motifs is 1. The summed E-state index contributed by atoms with van der Waals surface area (Å²) in [6, 6.07) is 9.69. The molecule has 0 N–H and O–H groups in total. The Hall–Kier alpha value is -3.21. The van der Waals surface area contributed by atoms with Crippen LogP contribution in [0, 0.1) is 25.2 Å². The lowest BCUT2D eigenvalue weighted by molar-refractivity contribution is 0.765. The predicted molar refractivity (Wildman–Crippen MR) is 98.3 cm³/mol. The number of hydrogen-bond donors (Lipinski definition) is 0. The van der Waals surface area contributed by atoms with E-state index in [1.54, 1.807) is 6.07 Å². The van der Waals surface area contributed by atoms with Gasteiger partial charge < -0.3 is 9.80 Å². The van der Waals surface area contributed by atoms with Crippen LogP contribution in [0.4, 0.5) is 11.6 Å². The van der Waals surface area contributed by atoms with Gasteiger partial charge in [0.25, 0.3) is 0 Å². The third-order valence-corrected chi connectivity index (χ3v) is 4.57. The molecule has 8 heteroatoms. The zero-order valence-electron chi connectivity index (χ0n) is 14.9. The van der Waals surface area contributed by atoms with Gasteiger partial charge in [-0.1, -0.05) is 0 Å². The van der Waals surface area contributed by atoms with E-state index in [9.17, 15) is 0 Å². The molecule has 1 saturated heterocycles. The second-order valence-electron chi connectivity index (χ2n) is 6.53. The SMILES string of the molecule is Cc1cc(N2CCCN(c3ccc(C#N)nn3)CC2)n2nc(C)cc2n1. The first kappa shape index (κ1) is 16.3. The second-order valence-corrected chi connectivity index (χ2v) is 6.53. The zero-order valence-corrected chi connectivity index (χ0v) is 14.9. The van der Waals surface area contributed by atoms with Gasteiger partial charge in [-0.15, -0.1) is 10.2 Å². The van der Waals surface area contributed by atoms with Crippen LogP contribution >= 0.6 is 0 Å². The average Bonchev–Trinajstić information content (AvgIpc) is 2.86. The maximum Gasteiger partial charge on any atom is 0.163 e. The van der Waals surface area contributed by atoms with E-state index >= 15 is 0 Å². The fourth-order valence-electron chi connectivity index (χ4n) is 3.35. The second kappa shape index (κ2) is 6.59. The summed E-state index contributed by atoms with van der Waals surface area (Å²) in [7, 11) is 0. The molecule has 3 aromatic rings. The highest BCUT2D eigenvalue weighted by Gasteiger charge is 2.19. The molecule has 1 aliphatic rings. The number of rotatable bonds is 2. The van der Waals surface area contributed by atoms with Crippen molar-refractivity contribution in [1.82, 2.24) is 24.8 Å². The van der Waals surface area contributed by atoms with Crippen molar-refractivity contribution < 1.29 is 0 Å². The van der Waals surface area contributed by atoms with Crippen molar-refractivity contribution in [3.8, 4) is 6.07 Å². The van der Waals surface area contributed by atoms with Crippen LogP contribution in [0.3, 0.4) is 0 Å². The molecule has 26 heavy (non-hydrogen) atoms. The molecule has 1 aliphatic heterocycles. The number of nitriles is 1. The average molecular weight is 348 g/mol. The summed E-state index contributed by atoms with van der Waals surface area (Å²) in [5.74, 6) is 1.89. The summed E-state index contributed by atoms with van der Waals surface area (Å²) in [5, 5.41) is 21.6. The van der Waals surface area contributed by atoms with Crippen LogP contribution in [-0.2, 0) is 0 Å². The maximum absolute atomic E-state index is 8.87. The van der Waals surface area contributed by atoms with Gasteiger partial charge >= 0.3 is 0 Å². The molecule has 0 radical (unpaired) electrons. The quantitative estimate of drug-likeness (QED) is 0.697. The van der Waals surface area contributed by atoms with Gasteiger partial charge in [-0.25, -0.2) is 4.98 Å². The molecule has 4 heterocycles. The Labute approximate surface area is 151 Å². The molecule has 0 aliphatic carbocycles. The minimum atomic E-state index is 0.342. The zero-order chi connectivity index (χ0) is 18.1. The molecule has 0 amide bonds. The smallest absolute Gasteiger partial charge is 0.163 e. The largest absolute Gasteiger partial charge is 0.355 e. The monoisotopic (exact) mass is 348 g/mol. The Morgan fingerprint density at radius 2 is 1.77 bits per heavy atom. The molecular formula is C18H20N8. The lowest BCUT2D eigenvalue weighted by Gasteiger charge is -2.24. The molecule has 0 aromatic carbocycles. The summed E-state index contributed by atoms with van der Waals surface area (Å²) in [4.78, 5) is 9.14. The summed E-state index contributed by atoms with van der Waals surface area (Å²) in [6.45, 7) is 7.55. The van der Waals surface area contributed by atoms with E-state index in [-0.39, 0.29) is 0 Å². The van der Waals surface area contributed by atoms with Crippen LogP contribution in [0.15, 0.2) is 24.3 Å². The first-order valence-corrected chi connectivity index (χ1v) is 8.72. The lowest BCUT2D eigenvalue weighted by Crippen LogP contribution is -2.32. The lowest BCUT2D eigenvalue weighted by atomic mass is 10.3. The van der Waals surface area contributed by atoms with Crippen molar-refractivity contribution in [3.63, 3.8) is 0 Å². The Morgan fingerprint density at radius 1 is 0.962 bits per heavy atom. The van der Waals surface area contributed by atoms with Crippen LogP contribution in [0.25, 0.3) is 5.65 Å². The molecule has 4 rings (SSSR count). The van der Waals surface area contributed by atoms with Gasteiger partial charge in [-0.05, 0) is 32.4 Å². The van der Waals surface area contributed by atoms with Gasteiger partial charge in [0.15, 0.2) is 17.2 Å². The molecule has 0 bridgehead atoms. The first-order chi connectivity index (χ1) is 12.6. The van der Waals surface area contributed by atoms with E-state index in [4.69, 9.17) is 5.26 Å². The highest BCUT2D eigenvalue weighted by atomic mass is 15.4. The van der Waals surface area contributed by atoms with E-state index in [1.165, 1.54) is 0 Å². The van der Waals surface area contributed by atoms with Gasteiger partial charge in [-0.3, -0.25) is 0 Å². The molecule has 0 atom stereocenters. The Morgan fingerprint density at radius 3 is 2.54 bits per heavy atom. The summed E-state index contributed by atoms with van der Waals surface area (Å²) >= 11 is 0. The van der Waals surface area contributed by atoms with Crippen LogP contribution in [0.2, 0.25) is 0 Å². The molecular weight excluding hydrogens is 328 g/mol. The molecule has 3 aromatic heterocycles. The summed E-state index contributed by atoms with van der Waals surface area (Å²) < 4.78 is 1.93. The minimum absolute atomic E-state index is 0.342. The van der Waals surface area contributed by atoms with E-state index in [2.05, 4.69) is 36.1 Å². The van der Waals surface area contributed by atoms with Crippen molar-refractivity contribution in [1.29, 1.82) is 5.26 Å². The van der Waals surface area contributed by atoms with E-state index in [0.29, 0.717) is 5.69 Å². The highest BCUT2D eigenvalue weighted by molar-refractivity contribution is 5.52. The predicted octanol–water partition coefficient (Wildman–Crippen LogP) is 1.72. The third-order valence-electron chi connectivity index (χ3n) is 4.57. The van der Waals surface area contributed by atoms with Crippen molar-refractivity contribution in [3.05, 3.63) is 41.3 Å². The van der Waals surface area contributed by atoms with E-state index in [1.807, 2.05) is 36.6 Å². The van der Waals surface area contributed by atoms with Crippen LogP contribution in [-0.4, -0.2) is 51.0 Å². The van der Waals surface area contributed by atoms with Crippen LogP contribution in [0.1, 0.15) is 23.5 Å². The van der Waals surface area contributed by atoms with Crippen LogP contribution < -0.4 is 9.80 Å². The van der Waals surface area contributed by atoms with Crippen molar-refractivity contribution in [2.24, 2.45) is 0 Å². The van der Waals surface area contributed by atoms with Gasteiger partial charge in [0.2, 0.25) is 0 Å². The van der Waals surface area contributed by atoms with Crippen molar-refractivity contribution in [2.45, 2.75) is 20.3 Å². The molecule has 0 unspecified atom stereocenters. The molecule has 0 saturated carbocycles. The van der Waals surface area contributed by atoms with Crippen molar-refractivity contribution >= 4 is 17.3 Å². The standard InChI is InChI=1S/C18H20N8/c1-13-11-18(26-17(20-13)10-14(2)23-26)25-7-3-6-24(8-9-25)16-5-4-15(12-19)21-22-16/h4-5,10-11H,3,6-9H2,1-2H3. The Balaban J connectivity index is 1.58. The number of aryl methyl sites for hydroxylation is 2. The Kier molecular flexibility index (Phi) is 4.13. The topological polar surface area (TPSA) is 86.2 Å². The normalized spacial score (nSPS) is 15.1. The summed E-state index contributed by atoms with van der Waals surface area (Å²) in [6.07, 6.45) is 1.00. The molecule has 0 spiro atoms. The third kappa shape index (κ3) is 3.04. The van der Waals surface area contributed by atoms with Crippen LogP contribution in [0.5, 0.6) is 0 Å². The number of anilines is 2. The number of nitrogens with zero attached hydrogens (tertiary/aromatic N) is 8. The first-order valence-electron chi connectivity index (χ1n) is 8.72. The van der Waals surface area contributed by atoms with Gasteiger partial charge in [0.05, 0.1) is 5.69 Å². The van der Waals surface area contributed by atoms with Gasteiger partial charge in [-0.2, -0.15) is 14.9 Å². The fourth-order valence-corrected chi connectivity index (χ4v) is 3.35. The minimum Gasteiger partial charge on any atom is -0.355 e. The van der Waals surface area contributed by atoms with Gasteiger partial charge in [0, 0.05) is 44.0 Å². The summed E-state index contributed by atoms with van der Waals surface area (Å²) in [5.41, 5.74) is 3.19. The fraction of sp³-hybridized carbons (Fsp3) is 0.389. The Bertz CT molecular complexity index is 969. The number of aromatic nitrogens is 5. The molecule has 1 fully saturated rings. The van der Waals surface area contributed by atoms with E-state index in [0.717, 1.165) is 61.3 Å².